The number of carboxylic acid groups (broad SMARTS) is 1. The molecule has 0 amide bonds. The maximum absolute atomic E-state index is 13.6. The van der Waals surface area contributed by atoms with E-state index in [0.717, 1.165) is 72.0 Å². The fourth-order valence-corrected chi connectivity index (χ4v) is 5.36. The van der Waals surface area contributed by atoms with Gasteiger partial charge in [-0.25, -0.2) is 4.79 Å². The fourth-order valence-electron chi connectivity index (χ4n) is 5.36. The van der Waals surface area contributed by atoms with Gasteiger partial charge < -0.3 is 14.7 Å². The average Bonchev–Trinajstić information content (AvgIpc) is 2.91. The number of nitrogens with zero attached hydrogens (tertiary/aromatic N) is 4. The quantitative estimate of drug-likeness (QED) is 0.520. The third kappa shape index (κ3) is 5.37. The van der Waals surface area contributed by atoms with Crippen molar-refractivity contribution in [3.63, 3.8) is 0 Å². The van der Waals surface area contributed by atoms with Crippen LogP contribution in [0.1, 0.15) is 22.5 Å². The Morgan fingerprint density at radius 1 is 0.778 bits per heavy atom. The van der Waals surface area contributed by atoms with Crippen LogP contribution in [0.25, 0.3) is 16.5 Å². The van der Waals surface area contributed by atoms with Gasteiger partial charge in [-0.15, -0.1) is 0 Å². The molecule has 0 atom stereocenters. The van der Waals surface area contributed by atoms with Crippen molar-refractivity contribution < 1.29 is 14.6 Å². The van der Waals surface area contributed by atoms with Gasteiger partial charge in [0.15, 0.2) is 0 Å². The number of carboxylic acids is 1. The van der Waals surface area contributed by atoms with Gasteiger partial charge >= 0.3 is 5.97 Å². The molecule has 0 radical (unpaired) electrons. The van der Waals surface area contributed by atoms with Crippen LogP contribution in [-0.4, -0.2) is 95.9 Å². The molecule has 3 heterocycles. The summed E-state index contributed by atoms with van der Waals surface area (Å²) in [5, 5.41) is 11.2. The maximum atomic E-state index is 13.6. The minimum atomic E-state index is -1.01. The predicted octanol–water partition coefficient (Wildman–Crippen LogP) is 2.53. The van der Waals surface area contributed by atoms with Crippen LogP contribution in [-0.2, 0) is 11.3 Å². The standard InChI is InChI=1S/C28H34N4O4/c33-27-24-10-5-4-9-23(24)26(28(34)35)25(32(27)22-7-2-1-3-8-22)21-31-15-13-29(14-16-31)11-6-12-30-17-19-36-20-18-30/h1-5,7-10H,6,11-21H2,(H,34,35). The molecule has 2 aromatic carbocycles. The summed E-state index contributed by atoms with van der Waals surface area (Å²) in [6.07, 6.45) is 1.14. The van der Waals surface area contributed by atoms with E-state index in [4.69, 9.17) is 4.74 Å². The van der Waals surface area contributed by atoms with Crippen molar-refractivity contribution >= 4 is 16.7 Å². The van der Waals surface area contributed by atoms with Crippen LogP contribution in [0.15, 0.2) is 59.4 Å². The minimum absolute atomic E-state index is 0.182. The molecule has 36 heavy (non-hydrogen) atoms. The zero-order valence-corrected chi connectivity index (χ0v) is 20.6. The van der Waals surface area contributed by atoms with E-state index in [1.54, 1.807) is 28.8 Å². The van der Waals surface area contributed by atoms with Crippen LogP contribution in [0.5, 0.6) is 0 Å². The van der Waals surface area contributed by atoms with Crippen LogP contribution < -0.4 is 5.56 Å². The van der Waals surface area contributed by atoms with Gasteiger partial charge in [0.1, 0.15) is 0 Å². The van der Waals surface area contributed by atoms with Gasteiger partial charge in [0.25, 0.3) is 5.56 Å². The van der Waals surface area contributed by atoms with Gasteiger partial charge in [-0.05, 0) is 37.7 Å². The smallest absolute Gasteiger partial charge is 0.338 e. The molecule has 5 rings (SSSR count). The lowest BCUT2D eigenvalue weighted by Gasteiger charge is -2.36. The summed E-state index contributed by atoms with van der Waals surface area (Å²) >= 11 is 0. The molecule has 2 aliphatic heterocycles. The summed E-state index contributed by atoms with van der Waals surface area (Å²) < 4.78 is 7.03. The average molecular weight is 491 g/mol. The molecule has 0 bridgehead atoms. The van der Waals surface area contributed by atoms with Gasteiger partial charge in [-0.1, -0.05) is 36.4 Å². The van der Waals surface area contributed by atoms with E-state index in [1.807, 2.05) is 30.3 Å². The molecule has 2 aliphatic rings. The fraction of sp³-hybridized carbons (Fsp3) is 0.429. The van der Waals surface area contributed by atoms with E-state index < -0.39 is 5.97 Å². The molecule has 3 aromatic rings. The molecule has 0 unspecified atom stereocenters. The first-order valence-electron chi connectivity index (χ1n) is 12.8. The first kappa shape index (κ1) is 24.6. The summed E-state index contributed by atoms with van der Waals surface area (Å²) in [7, 11) is 0. The van der Waals surface area contributed by atoms with Crippen LogP contribution in [0.3, 0.4) is 0 Å². The van der Waals surface area contributed by atoms with E-state index in [1.165, 1.54) is 0 Å². The number of hydrogen-bond donors (Lipinski definition) is 1. The summed E-state index contributed by atoms with van der Waals surface area (Å²) in [6, 6.07) is 16.4. The molecule has 190 valence electrons. The van der Waals surface area contributed by atoms with Crippen molar-refractivity contribution in [1.29, 1.82) is 0 Å². The third-order valence-corrected chi connectivity index (χ3v) is 7.31. The highest BCUT2D eigenvalue weighted by atomic mass is 16.5. The Labute approximate surface area is 211 Å². The van der Waals surface area contributed by atoms with Crippen LogP contribution >= 0.6 is 0 Å². The van der Waals surface area contributed by atoms with Crippen LogP contribution in [0.2, 0.25) is 0 Å². The summed E-state index contributed by atoms with van der Waals surface area (Å²) in [5.74, 6) is -1.01. The molecule has 1 aromatic heterocycles. The van der Waals surface area contributed by atoms with E-state index >= 15 is 0 Å². The number of hydrogen-bond acceptors (Lipinski definition) is 6. The number of ether oxygens (including phenoxy) is 1. The molecule has 0 spiro atoms. The Balaban J connectivity index is 1.35. The number of aromatic carboxylic acids is 1. The number of rotatable bonds is 8. The number of pyridine rings is 1. The monoisotopic (exact) mass is 490 g/mol. The highest BCUT2D eigenvalue weighted by Gasteiger charge is 2.25. The van der Waals surface area contributed by atoms with Crippen molar-refractivity contribution in [2.45, 2.75) is 13.0 Å². The third-order valence-electron chi connectivity index (χ3n) is 7.31. The topological polar surface area (TPSA) is 78.2 Å². The largest absolute Gasteiger partial charge is 0.478 e. The number of para-hydroxylation sites is 1. The Morgan fingerprint density at radius 2 is 1.36 bits per heavy atom. The Morgan fingerprint density at radius 3 is 2.03 bits per heavy atom. The zero-order valence-electron chi connectivity index (χ0n) is 20.6. The van der Waals surface area contributed by atoms with Gasteiger partial charge in [-0.2, -0.15) is 0 Å². The second kappa shape index (κ2) is 11.3. The van der Waals surface area contributed by atoms with Gasteiger partial charge in [0, 0.05) is 62.3 Å². The molecule has 1 N–H and O–H groups in total. The Hall–Kier alpha value is -3.04. The van der Waals surface area contributed by atoms with E-state index in [2.05, 4.69) is 14.7 Å². The molecule has 2 saturated heterocycles. The Kier molecular flexibility index (Phi) is 7.77. The van der Waals surface area contributed by atoms with Crippen molar-refractivity contribution in [3.8, 4) is 5.69 Å². The minimum Gasteiger partial charge on any atom is -0.478 e. The molecule has 8 heteroatoms. The predicted molar refractivity (Wildman–Crippen MR) is 140 cm³/mol. The highest BCUT2D eigenvalue weighted by Crippen LogP contribution is 2.24. The first-order valence-corrected chi connectivity index (χ1v) is 12.8. The molecule has 0 saturated carbocycles. The maximum Gasteiger partial charge on any atom is 0.338 e. The number of fused-ring (bicyclic) bond motifs is 1. The highest BCUT2D eigenvalue weighted by molar-refractivity contribution is 6.04. The lowest BCUT2D eigenvalue weighted by atomic mass is 10.0. The second-order valence-corrected chi connectivity index (χ2v) is 9.57. The van der Waals surface area contributed by atoms with Gasteiger partial charge in [0.2, 0.25) is 0 Å². The van der Waals surface area contributed by atoms with Crippen molar-refractivity contribution in [3.05, 3.63) is 76.2 Å². The zero-order chi connectivity index (χ0) is 24.9. The number of benzene rings is 2. The normalized spacial score (nSPS) is 18.0. The first-order chi connectivity index (χ1) is 17.6. The SMILES string of the molecule is O=C(O)c1c(CN2CCN(CCCN3CCOCC3)CC2)n(-c2ccccc2)c(=O)c2ccccc12. The number of morpholine rings is 1. The second-order valence-electron chi connectivity index (χ2n) is 9.57. The lowest BCUT2D eigenvalue weighted by molar-refractivity contribution is 0.0349. The Bertz CT molecular complexity index is 1250. The summed E-state index contributed by atoms with van der Waals surface area (Å²) in [5.41, 5.74) is 1.26. The van der Waals surface area contributed by atoms with E-state index in [-0.39, 0.29) is 11.1 Å². The van der Waals surface area contributed by atoms with Crippen LogP contribution in [0, 0.1) is 0 Å². The number of aromatic nitrogens is 1. The van der Waals surface area contributed by atoms with Crippen molar-refractivity contribution in [2.75, 3.05) is 65.6 Å². The number of piperazine rings is 1. The molecule has 8 nitrogen and oxygen atoms in total. The van der Waals surface area contributed by atoms with Gasteiger partial charge in [0.05, 0.1) is 24.5 Å². The number of carbonyl (C=O) groups is 1. The molecular weight excluding hydrogens is 456 g/mol. The van der Waals surface area contributed by atoms with Crippen molar-refractivity contribution in [1.82, 2.24) is 19.3 Å². The molecular formula is C28H34N4O4. The molecule has 0 aliphatic carbocycles. The van der Waals surface area contributed by atoms with E-state index in [9.17, 15) is 14.7 Å². The molecule has 2 fully saturated rings. The van der Waals surface area contributed by atoms with Gasteiger partial charge in [-0.3, -0.25) is 19.2 Å². The summed E-state index contributed by atoms with van der Waals surface area (Å²) in [4.78, 5) is 33.3. The van der Waals surface area contributed by atoms with Crippen LogP contribution in [0.4, 0.5) is 0 Å². The lowest BCUT2D eigenvalue weighted by Crippen LogP contribution is -2.47. The summed E-state index contributed by atoms with van der Waals surface area (Å²) in [6.45, 7) is 9.85. The van der Waals surface area contributed by atoms with Crippen molar-refractivity contribution in [2.24, 2.45) is 0 Å². The van der Waals surface area contributed by atoms with E-state index in [0.29, 0.717) is 28.7 Å².